The second-order valence-electron chi connectivity index (χ2n) is 5.24. The van der Waals surface area contributed by atoms with Gasteiger partial charge in [0.05, 0.1) is 6.20 Å². The Morgan fingerprint density at radius 1 is 0.957 bits per heavy atom. The highest BCUT2D eigenvalue weighted by molar-refractivity contribution is 9.10. The Morgan fingerprint density at radius 3 is 2.48 bits per heavy atom. The summed E-state index contributed by atoms with van der Waals surface area (Å²) in [7, 11) is 0. The molecule has 0 aliphatic heterocycles. The molecule has 0 amide bonds. The molecule has 1 aromatic heterocycles. The van der Waals surface area contributed by atoms with Crippen LogP contribution in [0.25, 0.3) is 0 Å². The molecule has 3 rings (SSSR count). The van der Waals surface area contributed by atoms with E-state index in [0.29, 0.717) is 11.8 Å². The number of nitrogens with one attached hydrogen (secondary N) is 2. The Bertz CT molecular complexity index is 817. The van der Waals surface area contributed by atoms with Crippen molar-refractivity contribution in [2.24, 2.45) is 0 Å². The van der Waals surface area contributed by atoms with Crippen molar-refractivity contribution in [3.63, 3.8) is 0 Å². The first-order chi connectivity index (χ1) is 11.1. The van der Waals surface area contributed by atoms with E-state index in [0.717, 1.165) is 21.4 Å². The summed E-state index contributed by atoms with van der Waals surface area (Å²) in [5.74, 6) is 1.09. The zero-order valence-electron chi connectivity index (χ0n) is 12.8. The summed E-state index contributed by atoms with van der Waals surface area (Å²) >= 11 is 3.46. The van der Waals surface area contributed by atoms with Gasteiger partial charge in [-0.05, 0) is 49.7 Å². The number of benzene rings is 2. The molecule has 6 heteroatoms. The third-order valence-corrected chi connectivity index (χ3v) is 3.81. The van der Waals surface area contributed by atoms with E-state index in [1.165, 1.54) is 5.56 Å². The van der Waals surface area contributed by atoms with Crippen molar-refractivity contribution in [3.05, 3.63) is 64.3 Å². The number of aromatic nitrogens is 3. The lowest BCUT2D eigenvalue weighted by molar-refractivity contribution is 0.982. The van der Waals surface area contributed by atoms with Crippen molar-refractivity contribution < 1.29 is 0 Å². The van der Waals surface area contributed by atoms with Gasteiger partial charge in [0.1, 0.15) is 0 Å². The van der Waals surface area contributed by atoms with E-state index >= 15 is 0 Å². The van der Waals surface area contributed by atoms with Crippen LogP contribution in [0.2, 0.25) is 0 Å². The first kappa shape index (κ1) is 15.4. The Labute approximate surface area is 143 Å². The lowest BCUT2D eigenvalue weighted by Gasteiger charge is -2.10. The van der Waals surface area contributed by atoms with E-state index in [4.69, 9.17) is 0 Å². The molecule has 0 radical (unpaired) electrons. The molecule has 116 valence electrons. The zero-order chi connectivity index (χ0) is 16.2. The molecule has 2 N–H and O–H groups in total. The van der Waals surface area contributed by atoms with Gasteiger partial charge in [0.2, 0.25) is 5.95 Å². The summed E-state index contributed by atoms with van der Waals surface area (Å²) < 4.78 is 1.04. The van der Waals surface area contributed by atoms with Crippen LogP contribution in [0.15, 0.2) is 53.1 Å². The zero-order valence-corrected chi connectivity index (χ0v) is 14.4. The maximum absolute atomic E-state index is 4.44. The second kappa shape index (κ2) is 6.75. The van der Waals surface area contributed by atoms with Gasteiger partial charge in [0, 0.05) is 15.8 Å². The fourth-order valence-electron chi connectivity index (χ4n) is 2.09. The molecule has 3 aromatic rings. The molecule has 0 saturated carbocycles. The van der Waals surface area contributed by atoms with E-state index in [9.17, 15) is 0 Å². The number of hydrogen-bond donors (Lipinski definition) is 2. The molecular weight excluding hydrogens is 354 g/mol. The monoisotopic (exact) mass is 369 g/mol. The molecule has 23 heavy (non-hydrogen) atoms. The summed E-state index contributed by atoms with van der Waals surface area (Å²) in [6.45, 7) is 4.08. The average molecular weight is 370 g/mol. The Morgan fingerprint density at radius 2 is 1.74 bits per heavy atom. The molecule has 0 aliphatic rings. The van der Waals surface area contributed by atoms with Crippen LogP contribution >= 0.6 is 15.9 Å². The first-order valence-electron chi connectivity index (χ1n) is 7.17. The minimum atomic E-state index is 0.452. The van der Waals surface area contributed by atoms with Gasteiger partial charge in [0.25, 0.3) is 0 Å². The van der Waals surface area contributed by atoms with Crippen LogP contribution in [0.1, 0.15) is 11.1 Å². The number of nitrogens with zero attached hydrogens (tertiary/aromatic N) is 3. The Kier molecular flexibility index (Phi) is 4.52. The Hall–Kier alpha value is -2.47. The molecule has 0 saturated heterocycles. The summed E-state index contributed by atoms with van der Waals surface area (Å²) in [5.41, 5.74) is 4.23. The molecule has 1 heterocycles. The number of aryl methyl sites for hydroxylation is 2. The van der Waals surface area contributed by atoms with E-state index in [1.807, 2.05) is 56.3 Å². The van der Waals surface area contributed by atoms with Crippen molar-refractivity contribution in [2.45, 2.75) is 13.8 Å². The molecule has 0 atom stereocenters. The van der Waals surface area contributed by atoms with Crippen molar-refractivity contribution in [2.75, 3.05) is 10.6 Å². The minimum absolute atomic E-state index is 0.452. The number of hydrogen-bond acceptors (Lipinski definition) is 5. The maximum Gasteiger partial charge on any atom is 0.249 e. The fraction of sp³-hybridized carbons (Fsp3) is 0.118. The van der Waals surface area contributed by atoms with E-state index in [-0.39, 0.29) is 0 Å². The molecule has 0 unspecified atom stereocenters. The molecule has 5 nitrogen and oxygen atoms in total. The molecular formula is C17H16BrN5. The van der Waals surface area contributed by atoms with Crippen LogP contribution in [0, 0.1) is 13.8 Å². The molecule has 0 aliphatic carbocycles. The quantitative estimate of drug-likeness (QED) is 0.695. The maximum atomic E-state index is 4.44. The number of anilines is 4. The van der Waals surface area contributed by atoms with Crippen molar-refractivity contribution in [1.29, 1.82) is 0 Å². The van der Waals surface area contributed by atoms with Gasteiger partial charge in [-0.3, -0.25) is 0 Å². The van der Waals surface area contributed by atoms with Crippen molar-refractivity contribution >= 4 is 39.1 Å². The third kappa shape index (κ3) is 4.04. The van der Waals surface area contributed by atoms with Crippen LogP contribution < -0.4 is 10.6 Å². The summed E-state index contributed by atoms with van der Waals surface area (Å²) in [6, 6.07) is 14.0. The van der Waals surface area contributed by atoms with Crippen molar-refractivity contribution in [1.82, 2.24) is 15.2 Å². The lowest BCUT2D eigenvalue weighted by atomic mass is 10.2. The summed E-state index contributed by atoms with van der Waals surface area (Å²) in [4.78, 5) is 4.44. The highest BCUT2D eigenvalue weighted by atomic mass is 79.9. The predicted octanol–water partition coefficient (Wildman–Crippen LogP) is 4.74. The number of halogens is 1. The van der Waals surface area contributed by atoms with Crippen LogP contribution in [0.4, 0.5) is 23.1 Å². The first-order valence-corrected chi connectivity index (χ1v) is 7.96. The van der Waals surface area contributed by atoms with Crippen molar-refractivity contribution in [3.8, 4) is 0 Å². The molecule has 2 aromatic carbocycles. The standard InChI is InChI=1S/C17H16BrN5/c1-11-3-6-14(7-4-11)20-17-22-16(10-19-23-17)21-15-8-5-13(18)9-12(15)2/h3-10H,1-2H3,(H2,20,21,22,23). The average Bonchev–Trinajstić information content (AvgIpc) is 2.53. The smallest absolute Gasteiger partial charge is 0.249 e. The lowest BCUT2D eigenvalue weighted by Crippen LogP contribution is -2.03. The van der Waals surface area contributed by atoms with Gasteiger partial charge in [-0.15, -0.1) is 5.10 Å². The van der Waals surface area contributed by atoms with Gasteiger partial charge >= 0.3 is 0 Å². The molecule has 0 bridgehead atoms. The largest absolute Gasteiger partial charge is 0.339 e. The topological polar surface area (TPSA) is 62.7 Å². The van der Waals surface area contributed by atoms with Gasteiger partial charge in [-0.2, -0.15) is 10.1 Å². The normalized spacial score (nSPS) is 10.4. The van der Waals surface area contributed by atoms with Gasteiger partial charge < -0.3 is 10.6 Å². The minimum Gasteiger partial charge on any atom is -0.339 e. The van der Waals surface area contributed by atoms with Gasteiger partial charge in [-0.1, -0.05) is 33.6 Å². The van der Waals surface area contributed by atoms with E-state index < -0.39 is 0 Å². The van der Waals surface area contributed by atoms with Gasteiger partial charge in [-0.25, -0.2) is 0 Å². The van der Waals surface area contributed by atoms with Crippen LogP contribution in [0.5, 0.6) is 0 Å². The fourth-order valence-corrected chi connectivity index (χ4v) is 2.56. The Balaban J connectivity index is 1.78. The molecule has 0 fully saturated rings. The van der Waals surface area contributed by atoms with Crippen LogP contribution in [-0.2, 0) is 0 Å². The summed E-state index contributed by atoms with van der Waals surface area (Å²) in [6.07, 6.45) is 1.60. The third-order valence-electron chi connectivity index (χ3n) is 3.32. The highest BCUT2D eigenvalue weighted by Crippen LogP contribution is 2.23. The highest BCUT2D eigenvalue weighted by Gasteiger charge is 2.04. The molecule has 0 spiro atoms. The van der Waals surface area contributed by atoms with E-state index in [1.54, 1.807) is 6.20 Å². The SMILES string of the molecule is Cc1ccc(Nc2nncc(Nc3ccc(Br)cc3C)n2)cc1. The number of rotatable bonds is 4. The summed E-state index contributed by atoms with van der Waals surface area (Å²) in [5, 5.41) is 14.4. The predicted molar refractivity (Wildman–Crippen MR) is 96.5 cm³/mol. The second-order valence-corrected chi connectivity index (χ2v) is 6.16. The van der Waals surface area contributed by atoms with Gasteiger partial charge in [0.15, 0.2) is 5.82 Å². The van der Waals surface area contributed by atoms with Crippen LogP contribution in [-0.4, -0.2) is 15.2 Å². The van der Waals surface area contributed by atoms with E-state index in [2.05, 4.69) is 41.7 Å². The van der Waals surface area contributed by atoms with Crippen LogP contribution in [0.3, 0.4) is 0 Å².